The fourth-order valence-corrected chi connectivity index (χ4v) is 2.97. The van der Waals surface area contributed by atoms with Crippen LogP contribution in [0.2, 0.25) is 0 Å². The van der Waals surface area contributed by atoms with Gasteiger partial charge < -0.3 is 10.1 Å². The fraction of sp³-hybridized carbons (Fsp3) is 0.118. The standard InChI is InChI=1S/C17H13F2N3O2S/c18-17(19)24-14-8-4-3-7-13(14)22-15(23)9-25-16-11-5-1-2-6-12(11)20-10-21-16/h1-8,10,17H,9H2,(H,22,23). The van der Waals surface area contributed by atoms with Crippen LogP contribution in [0.15, 0.2) is 59.9 Å². The molecule has 1 heterocycles. The van der Waals surface area contributed by atoms with Crippen LogP contribution in [0.3, 0.4) is 0 Å². The molecule has 0 aliphatic heterocycles. The van der Waals surface area contributed by atoms with Gasteiger partial charge in [0.25, 0.3) is 0 Å². The summed E-state index contributed by atoms with van der Waals surface area (Å²) in [7, 11) is 0. The number of ether oxygens (including phenoxy) is 1. The first-order valence-electron chi connectivity index (χ1n) is 7.30. The third-order valence-electron chi connectivity index (χ3n) is 3.22. The summed E-state index contributed by atoms with van der Waals surface area (Å²) in [6.45, 7) is -2.96. The van der Waals surface area contributed by atoms with Gasteiger partial charge in [-0.05, 0) is 18.2 Å². The zero-order valence-electron chi connectivity index (χ0n) is 12.9. The van der Waals surface area contributed by atoms with Crippen molar-refractivity contribution in [2.75, 3.05) is 11.1 Å². The molecule has 128 valence electrons. The zero-order chi connectivity index (χ0) is 17.6. The monoisotopic (exact) mass is 361 g/mol. The van der Waals surface area contributed by atoms with Crippen LogP contribution < -0.4 is 10.1 Å². The van der Waals surface area contributed by atoms with E-state index in [0.717, 1.165) is 10.9 Å². The number of hydrogen-bond donors (Lipinski definition) is 1. The second-order valence-electron chi connectivity index (χ2n) is 4.91. The van der Waals surface area contributed by atoms with E-state index < -0.39 is 6.61 Å². The van der Waals surface area contributed by atoms with Gasteiger partial charge in [0.2, 0.25) is 5.91 Å². The van der Waals surface area contributed by atoms with Crippen LogP contribution in [0.25, 0.3) is 10.9 Å². The smallest absolute Gasteiger partial charge is 0.387 e. The maximum absolute atomic E-state index is 12.4. The van der Waals surface area contributed by atoms with E-state index in [-0.39, 0.29) is 23.1 Å². The largest absolute Gasteiger partial charge is 0.433 e. The molecule has 0 radical (unpaired) electrons. The Bertz CT molecular complexity index is 887. The van der Waals surface area contributed by atoms with Crippen molar-refractivity contribution < 1.29 is 18.3 Å². The second kappa shape index (κ2) is 7.89. The Morgan fingerprint density at radius 3 is 2.72 bits per heavy atom. The summed E-state index contributed by atoms with van der Waals surface area (Å²) < 4.78 is 29.2. The van der Waals surface area contributed by atoms with Gasteiger partial charge in [-0.15, -0.1) is 0 Å². The first-order valence-corrected chi connectivity index (χ1v) is 8.28. The molecule has 0 saturated heterocycles. The number of nitrogens with zero attached hydrogens (tertiary/aromatic N) is 2. The second-order valence-corrected chi connectivity index (χ2v) is 5.87. The minimum Gasteiger partial charge on any atom is -0.433 e. The quantitative estimate of drug-likeness (QED) is 0.532. The molecular formula is C17H13F2N3O2S. The number of hydrogen-bond acceptors (Lipinski definition) is 5. The number of alkyl halides is 2. The molecule has 0 fully saturated rings. The first kappa shape index (κ1) is 17.1. The molecule has 0 aliphatic rings. The number of nitrogens with one attached hydrogen (secondary N) is 1. The fourth-order valence-electron chi connectivity index (χ4n) is 2.18. The van der Waals surface area contributed by atoms with Crippen molar-refractivity contribution >= 4 is 34.3 Å². The van der Waals surface area contributed by atoms with Crippen molar-refractivity contribution in [3.63, 3.8) is 0 Å². The molecule has 1 amide bonds. The third kappa shape index (κ3) is 4.42. The molecule has 5 nitrogen and oxygen atoms in total. The Kier molecular flexibility index (Phi) is 5.39. The van der Waals surface area contributed by atoms with E-state index in [2.05, 4.69) is 20.0 Å². The van der Waals surface area contributed by atoms with Gasteiger partial charge in [0, 0.05) is 5.39 Å². The van der Waals surface area contributed by atoms with Gasteiger partial charge in [-0.25, -0.2) is 9.97 Å². The summed E-state index contributed by atoms with van der Waals surface area (Å²) in [5, 5.41) is 4.10. The van der Waals surface area contributed by atoms with Crippen LogP contribution in [-0.2, 0) is 4.79 Å². The topological polar surface area (TPSA) is 64.1 Å². The van der Waals surface area contributed by atoms with Crippen LogP contribution in [0.5, 0.6) is 5.75 Å². The molecule has 0 unspecified atom stereocenters. The molecule has 1 aromatic heterocycles. The van der Waals surface area contributed by atoms with E-state index in [9.17, 15) is 13.6 Å². The van der Waals surface area contributed by atoms with E-state index in [1.165, 1.54) is 30.2 Å². The predicted octanol–water partition coefficient (Wildman–Crippen LogP) is 3.96. The summed E-state index contributed by atoms with van der Waals surface area (Å²) in [6.07, 6.45) is 1.44. The lowest BCUT2D eigenvalue weighted by atomic mass is 10.2. The summed E-state index contributed by atoms with van der Waals surface area (Å²) in [6, 6.07) is 13.5. The van der Waals surface area contributed by atoms with Crippen LogP contribution in [0.1, 0.15) is 0 Å². The average molecular weight is 361 g/mol. The maximum atomic E-state index is 12.4. The van der Waals surface area contributed by atoms with Gasteiger partial charge in [0.15, 0.2) is 0 Å². The van der Waals surface area contributed by atoms with Gasteiger partial charge in [-0.2, -0.15) is 8.78 Å². The van der Waals surface area contributed by atoms with Crippen molar-refractivity contribution in [2.45, 2.75) is 11.6 Å². The molecule has 2 aromatic carbocycles. The Morgan fingerprint density at radius 2 is 1.88 bits per heavy atom. The van der Waals surface area contributed by atoms with E-state index in [4.69, 9.17) is 0 Å². The number of carbonyl (C=O) groups excluding carboxylic acids is 1. The zero-order valence-corrected chi connectivity index (χ0v) is 13.7. The summed E-state index contributed by atoms with van der Waals surface area (Å²) >= 11 is 1.24. The highest BCUT2D eigenvalue weighted by Gasteiger charge is 2.12. The van der Waals surface area contributed by atoms with Crippen LogP contribution in [-0.4, -0.2) is 28.2 Å². The van der Waals surface area contributed by atoms with E-state index in [1.807, 2.05) is 24.3 Å². The molecule has 1 N–H and O–H groups in total. The lowest BCUT2D eigenvalue weighted by Gasteiger charge is -2.11. The lowest BCUT2D eigenvalue weighted by Crippen LogP contribution is -2.15. The lowest BCUT2D eigenvalue weighted by molar-refractivity contribution is -0.113. The molecule has 3 rings (SSSR count). The molecule has 0 spiro atoms. The molecule has 0 saturated carbocycles. The van der Waals surface area contributed by atoms with Crippen LogP contribution >= 0.6 is 11.8 Å². The number of aromatic nitrogens is 2. The Balaban J connectivity index is 1.67. The Morgan fingerprint density at radius 1 is 1.12 bits per heavy atom. The maximum Gasteiger partial charge on any atom is 0.387 e. The Hall–Kier alpha value is -2.74. The number of rotatable bonds is 6. The van der Waals surface area contributed by atoms with Gasteiger partial charge in [-0.3, -0.25) is 4.79 Å². The molecule has 0 bridgehead atoms. The summed E-state index contributed by atoms with van der Waals surface area (Å²) in [5.41, 5.74) is 0.983. The van der Waals surface area contributed by atoms with Gasteiger partial charge in [0.05, 0.1) is 17.0 Å². The van der Waals surface area contributed by atoms with Gasteiger partial charge in [0.1, 0.15) is 17.1 Å². The van der Waals surface area contributed by atoms with Crippen LogP contribution in [0.4, 0.5) is 14.5 Å². The van der Waals surface area contributed by atoms with E-state index in [1.54, 1.807) is 12.1 Å². The molecule has 3 aromatic rings. The molecular weight excluding hydrogens is 348 g/mol. The van der Waals surface area contributed by atoms with Crippen molar-refractivity contribution in [1.29, 1.82) is 0 Å². The highest BCUT2D eigenvalue weighted by atomic mass is 32.2. The van der Waals surface area contributed by atoms with E-state index >= 15 is 0 Å². The number of amides is 1. The number of benzene rings is 2. The molecule has 8 heteroatoms. The number of anilines is 1. The molecule has 25 heavy (non-hydrogen) atoms. The highest BCUT2D eigenvalue weighted by Crippen LogP contribution is 2.27. The predicted molar refractivity (Wildman–Crippen MR) is 92.0 cm³/mol. The van der Waals surface area contributed by atoms with E-state index in [0.29, 0.717) is 5.03 Å². The van der Waals surface area contributed by atoms with Crippen molar-refractivity contribution in [1.82, 2.24) is 9.97 Å². The average Bonchev–Trinajstić information content (AvgIpc) is 2.61. The highest BCUT2D eigenvalue weighted by molar-refractivity contribution is 8.00. The normalized spacial score (nSPS) is 10.8. The van der Waals surface area contributed by atoms with Gasteiger partial charge in [-0.1, -0.05) is 42.1 Å². The number of thioether (sulfide) groups is 1. The third-order valence-corrected chi connectivity index (χ3v) is 4.23. The minimum atomic E-state index is -2.96. The molecule has 0 atom stereocenters. The summed E-state index contributed by atoms with van der Waals surface area (Å²) in [5.74, 6) is -0.356. The van der Waals surface area contributed by atoms with Crippen molar-refractivity contribution in [3.05, 3.63) is 54.9 Å². The van der Waals surface area contributed by atoms with Crippen molar-refractivity contribution in [3.8, 4) is 5.75 Å². The van der Waals surface area contributed by atoms with Gasteiger partial charge >= 0.3 is 6.61 Å². The number of fused-ring (bicyclic) bond motifs is 1. The number of para-hydroxylation sites is 3. The molecule has 0 aliphatic carbocycles. The summed E-state index contributed by atoms with van der Waals surface area (Å²) in [4.78, 5) is 20.5. The Labute approximate surface area is 146 Å². The SMILES string of the molecule is O=C(CSc1ncnc2ccccc12)Nc1ccccc1OC(F)F. The van der Waals surface area contributed by atoms with Crippen molar-refractivity contribution in [2.24, 2.45) is 0 Å². The minimum absolute atomic E-state index is 0.0734. The van der Waals surface area contributed by atoms with Crippen LogP contribution in [0, 0.1) is 0 Å². The first-order chi connectivity index (χ1) is 12.1. The number of halogens is 2. The number of carbonyl (C=O) groups is 1.